The van der Waals surface area contributed by atoms with Gasteiger partial charge in [0.25, 0.3) is 0 Å². The Morgan fingerprint density at radius 1 is 1.03 bits per heavy atom. The smallest absolute Gasteiger partial charge is 0.306 e. The zero-order valence-corrected chi connectivity index (χ0v) is 19.8. The van der Waals surface area contributed by atoms with Gasteiger partial charge in [-0.15, -0.1) is 0 Å². The number of hydrazone groups is 1. The van der Waals surface area contributed by atoms with Crippen LogP contribution in [0.1, 0.15) is 12.0 Å². The van der Waals surface area contributed by atoms with Crippen LogP contribution in [0.5, 0.6) is 0 Å². The van der Waals surface area contributed by atoms with E-state index in [4.69, 9.17) is 5.26 Å². The molecular weight excluding hydrogens is 512 g/mol. The number of carbonyl (C=O) groups is 1. The molecule has 7 nitrogen and oxygen atoms in total. The Morgan fingerprint density at radius 2 is 1.70 bits per heavy atom. The van der Waals surface area contributed by atoms with E-state index in [1.165, 1.54) is 24.3 Å². The van der Waals surface area contributed by atoms with Gasteiger partial charge in [-0.05, 0) is 35.4 Å². The molecule has 3 aromatic carbocycles. The highest BCUT2D eigenvalue weighted by Gasteiger charge is 2.40. The summed E-state index contributed by atoms with van der Waals surface area (Å²) in [6, 6.07) is 16.2. The SMILES string of the molecule is N#Cc1ccc(-c2ccc(-c3ccccc3S(=O)(=O)CF)cc2NC(=O)N2CCC(C(F)(F)F)=N2)cc1. The topological polar surface area (TPSA) is 103 Å². The lowest BCUT2D eigenvalue weighted by atomic mass is 9.97. The molecule has 0 saturated carbocycles. The molecule has 1 heterocycles. The van der Waals surface area contributed by atoms with Crippen LogP contribution in [-0.2, 0) is 9.84 Å². The number of benzene rings is 3. The van der Waals surface area contributed by atoms with E-state index in [-0.39, 0.29) is 22.7 Å². The normalized spacial score (nSPS) is 13.7. The maximum atomic E-state index is 13.3. The molecule has 1 aliphatic rings. The zero-order valence-electron chi connectivity index (χ0n) is 19.0. The van der Waals surface area contributed by atoms with Crippen LogP contribution in [0.3, 0.4) is 0 Å². The van der Waals surface area contributed by atoms with Gasteiger partial charge in [-0.2, -0.15) is 23.5 Å². The fourth-order valence-corrected chi connectivity index (χ4v) is 4.73. The van der Waals surface area contributed by atoms with Crippen molar-refractivity contribution in [1.82, 2.24) is 5.01 Å². The van der Waals surface area contributed by atoms with Crippen LogP contribution in [0, 0.1) is 11.3 Å². The molecule has 0 saturated heterocycles. The number of urea groups is 1. The predicted molar refractivity (Wildman–Crippen MR) is 129 cm³/mol. The van der Waals surface area contributed by atoms with Gasteiger partial charge in [-0.1, -0.05) is 42.5 Å². The first-order valence-electron chi connectivity index (χ1n) is 10.8. The first kappa shape index (κ1) is 25.8. The first-order valence-corrected chi connectivity index (χ1v) is 12.4. The highest BCUT2D eigenvalue weighted by molar-refractivity contribution is 7.91. The summed E-state index contributed by atoms with van der Waals surface area (Å²) in [7, 11) is -4.23. The molecule has 190 valence electrons. The van der Waals surface area contributed by atoms with Crippen molar-refractivity contribution in [2.24, 2.45) is 5.10 Å². The van der Waals surface area contributed by atoms with Crippen LogP contribution < -0.4 is 5.32 Å². The Balaban J connectivity index is 1.79. The van der Waals surface area contributed by atoms with Crippen LogP contribution in [0.15, 0.2) is 76.7 Å². The van der Waals surface area contributed by atoms with Gasteiger partial charge in [0.05, 0.1) is 28.8 Å². The molecule has 4 rings (SSSR count). The molecule has 0 unspecified atom stereocenters. The van der Waals surface area contributed by atoms with Gasteiger partial charge in [0, 0.05) is 17.5 Å². The van der Waals surface area contributed by atoms with Gasteiger partial charge in [0.15, 0.2) is 6.01 Å². The first-order chi connectivity index (χ1) is 17.5. The molecule has 0 aliphatic carbocycles. The molecule has 0 fully saturated rings. The van der Waals surface area contributed by atoms with Gasteiger partial charge in [-0.3, -0.25) is 0 Å². The third kappa shape index (κ3) is 5.46. The summed E-state index contributed by atoms with van der Waals surface area (Å²) in [4.78, 5) is 12.6. The van der Waals surface area contributed by atoms with Gasteiger partial charge in [-0.25, -0.2) is 22.6 Å². The molecule has 12 heteroatoms. The van der Waals surface area contributed by atoms with Crippen molar-refractivity contribution in [3.63, 3.8) is 0 Å². The summed E-state index contributed by atoms with van der Waals surface area (Å²) in [5.41, 5.74) is 0.992. The van der Waals surface area contributed by atoms with E-state index in [1.54, 1.807) is 42.5 Å². The van der Waals surface area contributed by atoms with Crippen LogP contribution in [0.2, 0.25) is 0 Å². The third-order valence-electron chi connectivity index (χ3n) is 5.63. The van der Waals surface area contributed by atoms with E-state index in [0.29, 0.717) is 27.3 Å². The van der Waals surface area contributed by atoms with Crippen molar-refractivity contribution in [2.45, 2.75) is 17.5 Å². The lowest BCUT2D eigenvalue weighted by Crippen LogP contribution is -2.29. The monoisotopic (exact) mass is 530 g/mol. The van der Waals surface area contributed by atoms with Crippen LogP contribution in [-0.4, -0.2) is 43.9 Å². The molecule has 2 amide bonds. The second-order valence-electron chi connectivity index (χ2n) is 8.02. The Kier molecular flexibility index (Phi) is 7.00. The van der Waals surface area contributed by atoms with Crippen LogP contribution >= 0.6 is 0 Å². The maximum absolute atomic E-state index is 13.3. The summed E-state index contributed by atoms with van der Waals surface area (Å²) in [6.45, 7) is -0.274. The number of nitrogens with one attached hydrogen (secondary N) is 1. The van der Waals surface area contributed by atoms with E-state index in [1.807, 2.05) is 6.07 Å². The number of sulfone groups is 1. The van der Waals surface area contributed by atoms with Gasteiger partial charge in [0.2, 0.25) is 9.84 Å². The van der Waals surface area contributed by atoms with Crippen LogP contribution in [0.25, 0.3) is 22.3 Å². The number of nitrogens with zero attached hydrogens (tertiary/aromatic N) is 3. The summed E-state index contributed by atoms with van der Waals surface area (Å²) in [5, 5.41) is 15.7. The van der Waals surface area contributed by atoms with E-state index in [0.717, 1.165) is 0 Å². The summed E-state index contributed by atoms with van der Waals surface area (Å²) in [5.74, 6) is 0. The Bertz CT molecular complexity index is 1530. The number of halogens is 4. The number of amides is 2. The lowest BCUT2D eigenvalue weighted by molar-refractivity contribution is -0.0600. The van der Waals surface area contributed by atoms with E-state index < -0.39 is 40.2 Å². The van der Waals surface area contributed by atoms with Crippen molar-refractivity contribution in [3.8, 4) is 28.3 Å². The number of hydrogen-bond acceptors (Lipinski definition) is 5. The molecule has 1 N–H and O–H groups in total. The molecule has 0 aromatic heterocycles. The highest BCUT2D eigenvalue weighted by atomic mass is 32.2. The zero-order chi connectivity index (χ0) is 26.8. The Morgan fingerprint density at radius 3 is 2.32 bits per heavy atom. The molecule has 0 atom stereocenters. The molecule has 0 bridgehead atoms. The minimum atomic E-state index is -4.66. The maximum Gasteiger partial charge on any atom is 0.431 e. The van der Waals surface area contributed by atoms with Gasteiger partial charge < -0.3 is 5.32 Å². The molecule has 37 heavy (non-hydrogen) atoms. The fourth-order valence-electron chi connectivity index (χ4n) is 3.81. The Labute approximate surface area is 209 Å². The van der Waals surface area contributed by atoms with E-state index >= 15 is 0 Å². The summed E-state index contributed by atoms with van der Waals surface area (Å²) < 4.78 is 76.9. The second kappa shape index (κ2) is 10.0. The van der Waals surface area contributed by atoms with Crippen molar-refractivity contribution in [2.75, 3.05) is 17.9 Å². The number of rotatable bonds is 5. The number of carbonyl (C=O) groups excluding carboxylic acids is 1. The minimum Gasteiger partial charge on any atom is -0.306 e. The number of alkyl halides is 4. The largest absolute Gasteiger partial charge is 0.431 e. The summed E-state index contributed by atoms with van der Waals surface area (Å²) in [6.07, 6.45) is -5.11. The average molecular weight is 531 g/mol. The highest BCUT2D eigenvalue weighted by Crippen LogP contribution is 2.36. The molecular formula is C25H18F4N4O3S. The van der Waals surface area contributed by atoms with E-state index in [9.17, 15) is 30.8 Å². The Hall–Kier alpha value is -4.24. The van der Waals surface area contributed by atoms with Crippen molar-refractivity contribution >= 4 is 27.3 Å². The quantitative estimate of drug-likeness (QED) is 0.425. The number of anilines is 1. The molecule has 0 radical (unpaired) electrons. The van der Waals surface area contributed by atoms with Crippen molar-refractivity contribution < 1.29 is 30.8 Å². The van der Waals surface area contributed by atoms with Crippen molar-refractivity contribution in [3.05, 3.63) is 72.3 Å². The third-order valence-corrected chi connectivity index (χ3v) is 6.94. The van der Waals surface area contributed by atoms with Gasteiger partial charge >= 0.3 is 12.2 Å². The van der Waals surface area contributed by atoms with Crippen LogP contribution in [0.4, 0.5) is 28.0 Å². The lowest BCUT2D eigenvalue weighted by Gasteiger charge is -2.18. The average Bonchev–Trinajstić information content (AvgIpc) is 3.40. The fraction of sp³-hybridized carbons (Fsp3) is 0.160. The number of hydrogen-bond donors (Lipinski definition) is 1. The van der Waals surface area contributed by atoms with E-state index in [2.05, 4.69) is 10.4 Å². The van der Waals surface area contributed by atoms with Gasteiger partial charge in [0.1, 0.15) is 5.71 Å². The predicted octanol–water partition coefficient (Wildman–Crippen LogP) is 5.75. The summed E-state index contributed by atoms with van der Waals surface area (Å²) >= 11 is 0. The number of nitriles is 1. The second-order valence-corrected chi connectivity index (χ2v) is 9.90. The minimum absolute atomic E-state index is 0.148. The molecule has 0 spiro atoms. The standard InChI is InChI=1S/C25H18F4N4O3S/c26-15-37(35,36)22-4-2-1-3-20(22)18-9-10-19(17-7-5-16(14-30)6-8-17)21(13-18)31-24(34)33-12-11-23(32-33)25(27,28)29/h1-10,13H,11-12,15H2,(H,31,34). The van der Waals surface area contributed by atoms with Crippen molar-refractivity contribution in [1.29, 1.82) is 5.26 Å². The molecule has 1 aliphatic heterocycles. The molecule has 3 aromatic rings.